The molecule has 4 N–H and O–H groups in total. The molecule has 1 aromatic carbocycles. The molecule has 0 amide bonds. The van der Waals surface area contributed by atoms with Crippen LogP contribution < -0.4 is 26.1 Å². The van der Waals surface area contributed by atoms with Gasteiger partial charge in [-0.2, -0.15) is 15.0 Å². The molecule has 1 heterocycles. The average Bonchev–Trinajstić information content (AvgIpc) is 2.48. The lowest BCUT2D eigenvalue weighted by Crippen LogP contribution is -2.13. The number of benzene rings is 1. The van der Waals surface area contributed by atoms with E-state index < -0.39 is 5.82 Å². The molecular formula is C11H13FN6O2. The van der Waals surface area contributed by atoms with Gasteiger partial charge >= 0.3 is 6.01 Å². The summed E-state index contributed by atoms with van der Waals surface area (Å²) in [5.41, 5.74) is 2.78. The van der Waals surface area contributed by atoms with Crippen molar-refractivity contribution < 1.29 is 13.9 Å². The Kier molecular flexibility index (Phi) is 4.11. The second kappa shape index (κ2) is 5.97. The van der Waals surface area contributed by atoms with E-state index in [1.165, 1.54) is 32.4 Å². The van der Waals surface area contributed by atoms with Gasteiger partial charge in [-0.1, -0.05) is 0 Å². The molecule has 0 spiro atoms. The Morgan fingerprint density at radius 3 is 2.50 bits per heavy atom. The maximum atomic E-state index is 13.1. The first-order chi connectivity index (χ1) is 9.66. The number of rotatable bonds is 5. The second-order valence-corrected chi connectivity index (χ2v) is 3.58. The Hall–Kier alpha value is -2.68. The number of nitrogens with zero attached hydrogens (tertiary/aromatic N) is 3. The lowest BCUT2D eigenvalue weighted by Gasteiger charge is -2.11. The van der Waals surface area contributed by atoms with Crippen molar-refractivity contribution >= 4 is 17.6 Å². The van der Waals surface area contributed by atoms with E-state index in [-0.39, 0.29) is 17.9 Å². The van der Waals surface area contributed by atoms with Crippen LogP contribution in [0.4, 0.5) is 22.0 Å². The minimum atomic E-state index is -0.412. The van der Waals surface area contributed by atoms with E-state index in [4.69, 9.17) is 15.3 Å². The summed E-state index contributed by atoms with van der Waals surface area (Å²) in [6.07, 6.45) is 0. The molecule has 0 unspecified atom stereocenters. The Morgan fingerprint density at radius 2 is 1.85 bits per heavy atom. The Morgan fingerprint density at radius 1 is 1.10 bits per heavy atom. The van der Waals surface area contributed by atoms with Crippen molar-refractivity contribution in [2.75, 3.05) is 25.0 Å². The minimum Gasteiger partial charge on any atom is -0.494 e. The van der Waals surface area contributed by atoms with E-state index in [1.807, 2.05) is 0 Å². The molecule has 0 saturated carbocycles. The number of nitrogen functional groups attached to an aromatic ring is 1. The SMILES string of the molecule is COc1nc(NN)nc(Nc2ccc(F)cc2OC)n1. The maximum absolute atomic E-state index is 13.1. The molecule has 1 aromatic heterocycles. The molecule has 0 saturated heterocycles. The van der Waals surface area contributed by atoms with Gasteiger partial charge in [0.1, 0.15) is 11.6 Å². The lowest BCUT2D eigenvalue weighted by atomic mass is 10.3. The molecule has 0 atom stereocenters. The fraction of sp³-hybridized carbons (Fsp3) is 0.182. The van der Waals surface area contributed by atoms with Crippen LogP contribution in [-0.4, -0.2) is 29.2 Å². The van der Waals surface area contributed by atoms with Gasteiger partial charge < -0.3 is 14.8 Å². The molecule has 8 nitrogen and oxygen atoms in total. The Labute approximate surface area is 114 Å². The van der Waals surface area contributed by atoms with Crippen molar-refractivity contribution in [2.45, 2.75) is 0 Å². The first-order valence-corrected chi connectivity index (χ1v) is 5.53. The van der Waals surface area contributed by atoms with E-state index in [9.17, 15) is 4.39 Å². The first kappa shape index (κ1) is 13.7. The predicted octanol–water partition coefficient (Wildman–Crippen LogP) is 1.06. The molecule has 0 fully saturated rings. The highest BCUT2D eigenvalue weighted by Crippen LogP contribution is 2.27. The van der Waals surface area contributed by atoms with Crippen LogP contribution in [0.1, 0.15) is 0 Å². The topological polar surface area (TPSA) is 107 Å². The van der Waals surface area contributed by atoms with E-state index in [0.29, 0.717) is 11.4 Å². The van der Waals surface area contributed by atoms with Crippen LogP contribution in [0.25, 0.3) is 0 Å². The van der Waals surface area contributed by atoms with Gasteiger partial charge in [-0.05, 0) is 12.1 Å². The fourth-order valence-corrected chi connectivity index (χ4v) is 1.46. The van der Waals surface area contributed by atoms with Crippen LogP contribution in [0.15, 0.2) is 18.2 Å². The van der Waals surface area contributed by atoms with Crippen molar-refractivity contribution in [3.8, 4) is 11.8 Å². The summed E-state index contributed by atoms with van der Waals surface area (Å²) in [6.45, 7) is 0. The quantitative estimate of drug-likeness (QED) is 0.551. The third-order valence-corrected chi connectivity index (χ3v) is 2.34. The van der Waals surface area contributed by atoms with Crippen LogP contribution in [0.2, 0.25) is 0 Å². The van der Waals surface area contributed by atoms with Gasteiger partial charge in [0.15, 0.2) is 0 Å². The van der Waals surface area contributed by atoms with E-state index in [1.54, 1.807) is 0 Å². The van der Waals surface area contributed by atoms with Gasteiger partial charge in [0, 0.05) is 6.07 Å². The molecule has 20 heavy (non-hydrogen) atoms. The number of anilines is 3. The van der Waals surface area contributed by atoms with Crippen LogP contribution in [0.5, 0.6) is 11.8 Å². The lowest BCUT2D eigenvalue weighted by molar-refractivity contribution is 0.379. The normalized spacial score (nSPS) is 10.0. The van der Waals surface area contributed by atoms with Crippen molar-refractivity contribution in [1.29, 1.82) is 0 Å². The average molecular weight is 280 g/mol. The zero-order chi connectivity index (χ0) is 14.5. The summed E-state index contributed by atoms with van der Waals surface area (Å²) in [5, 5.41) is 2.87. The maximum Gasteiger partial charge on any atom is 0.322 e. The number of aromatic nitrogens is 3. The summed E-state index contributed by atoms with van der Waals surface area (Å²) < 4.78 is 23.1. The third-order valence-electron chi connectivity index (χ3n) is 2.34. The summed E-state index contributed by atoms with van der Waals surface area (Å²) in [4.78, 5) is 11.8. The highest BCUT2D eigenvalue weighted by Gasteiger charge is 2.10. The number of ether oxygens (including phenoxy) is 2. The highest BCUT2D eigenvalue weighted by molar-refractivity contribution is 5.63. The van der Waals surface area contributed by atoms with Gasteiger partial charge in [0.25, 0.3) is 0 Å². The zero-order valence-corrected chi connectivity index (χ0v) is 10.8. The molecule has 2 aromatic rings. The van der Waals surface area contributed by atoms with Gasteiger partial charge in [-0.3, -0.25) is 5.43 Å². The smallest absolute Gasteiger partial charge is 0.322 e. The van der Waals surface area contributed by atoms with Crippen molar-refractivity contribution in [3.05, 3.63) is 24.0 Å². The molecule has 2 rings (SSSR count). The van der Waals surface area contributed by atoms with E-state index in [0.717, 1.165) is 0 Å². The predicted molar refractivity (Wildman–Crippen MR) is 70.4 cm³/mol. The molecule has 0 radical (unpaired) electrons. The van der Waals surface area contributed by atoms with Crippen LogP contribution in [0.3, 0.4) is 0 Å². The van der Waals surface area contributed by atoms with Crippen molar-refractivity contribution in [3.63, 3.8) is 0 Å². The number of hydrazine groups is 1. The van der Waals surface area contributed by atoms with Gasteiger partial charge in [-0.15, -0.1) is 0 Å². The van der Waals surface area contributed by atoms with Crippen molar-refractivity contribution in [1.82, 2.24) is 15.0 Å². The van der Waals surface area contributed by atoms with Crippen molar-refractivity contribution in [2.24, 2.45) is 5.84 Å². The monoisotopic (exact) mass is 280 g/mol. The standard InChI is InChI=1S/C11H13FN6O2/c1-19-8-5-6(12)3-4-7(8)14-9-15-10(18-13)17-11(16-9)20-2/h3-5H,13H2,1-2H3,(H2,14,15,16,17,18). The molecule has 0 bridgehead atoms. The minimum absolute atomic E-state index is 0.0801. The van der Waals surface area contributed by atoms with Crippen LogP contribution in [0, 0.1) is 5.82 Å². The van der Waals surface area contributed by atoms with Gasteiger partial charge in [0.2, 0.25) is 11.9 Å². The Bertz CT molecular complexity index is 587. The summed E-state index contributed by atoms with van der Waals surface area (Å²) in [5.74, 6) is 5.45. The summed E-state index contributed by atoms with van der Waals surface area (Å²) in [7, 11) is 2.85. The fourth-order valence-electron chi connectivity index (χ4n) is 1.46. The molecular weight excluding hydrogens is 267 g/mol. The molecule has 106 valence electrons. The van der Waals surface area contributed by atoms with E-state index >= 15 is 0 Å². The molecule has 9 heteroatoms. The van der Waals surface area contributed by atoms with Crippen LogP contribution in [-0.2, 0) is 0 Å². The van der Waals surface area contributed by atoms with Gasteiger partial charge in [0.05, 0.1) is 19.9 Å². The zero-order valence-electron chi connectivity index (χ0n) is 10.8. The molecule has 0 aliphatic heterocycles. The van der Waals surface area contributed by atoms with Crippen LogP contribution >= 0.6 is 0 Å². The molecule has 0 aliphatic carbocycles. The first-order valence-electron chi connectivity index (χ1n) is 5.53. The number of hydrogen-bond acceptors (Lipinski definition) is 8. The number of nitrogens with two attached hydrogens (primary N) is 1. The summed E-state index contributed by atoms with van der Waals surface area (Å²) in [6, 6.07) is 4.10. The number of hydrogen-bond donors (Lipinski definition) is 3. The third kappa shape index (κ3) is 3.01. The largest absolute Gasteiger partial charge is 0.494 e. The molecule has 0 aliphatic rings. The number of methoxy groups -OCH3 is 2. The number of nitrogens with one attached hydrogen (secondary N) is 2. The Balaban J connectivity index is 2.34. The van der Waals surface area contributed by atoms with Gasteiger partial charge in [-0.25, -0.2) is 10.2 Å². The second-order valence-electron chi connectivity index (χ2n) is 3.58. The number of halogens is 1. The summed E-state index contributed by atoms with van der Waals surface area (Å²) >= 11 is 0. The highest BCUT2D eigenvalue weighted by atomic mass is 19.1. The van der Waals surface area contributed by atoms with E-state index in [2.05, 4.69) is 25.7 Å².